The Morgan fingerprint density at radius 1 is 0.591 bits per heavy atom. The van der Waals surface area contributed by atoms with E-state index in [1.54, 1.807) is 0 Å². The van der Waals surface area contributed by atoms with Crippen LogP contribution in [0.4, 0.5) is 0 Å². The predicted molar refractivity (Wildman–Crippen MR) is 92.1 cm³/mol. The molecule has 0 N–H and O–H groups in total. The molecule has 0 spiro atoms. The summed E-state index contributed by atoms with van der Waals surface area (Å²) in [5.74, 6) is 0. The molecule has 0 saturated carbocycles. The van der Waals surface area contributed by atoms with Crippen molar-refractivity contribution in [3.8, 4) is 0 Å². The van der Waals surface area contributed by atoms with Crippen LogP contribution in [0.5, 0.6) is 0 Å². The van der Waals surface area contributed by atoms with Crippen LogP contribution in [-0.4, -0.2) is 12.4 Å². The molecule has 2 aliphatic carbocycles. The van der Waals surface area contributed by atoms with Crippen molar-refractivity contribution in [1.29, 1.82) is 0 Å². The molecule has 0 unspecified atom stereocenters. The van der Waals surface area contributed by atoms with Crippen LogP contribution in [0.2, 0.25) is 0 Å². The van der Waals surface area contributed by atoms with Gasteiger partial charge >= 0.3 is 0 Å². The zero-order valence-electron chi connectivity index (χ0n) is 12.8. The first-order valence-electron chi connectivity index (χ1n) is 8.18. The fraction of sp³-hybridized carbons (Fsp3) is 0.300. The summed E-state index contributed by atoms with van der Waals surface area (Å²) in [7, 11) is 0. The lowest BCUT2D eigenvalue weighted by molar-refractivity contribution is 0.912. The molecular weight excluding hydrogens is 268 g/mol. The van der Waals surface area contributed by atoms with Gasteiger partial charge in [-0.15, -0.1) is 0 Å². The molecule has 2 nitrogen and oxygen atoms in total. The average Bonchev–Trinajstić information content (AvgIpc) is 3.19. The van der Waals surface area contributed by atoms with Crippen molar-refractivity contribution in [3.05, 3.63) is 69.8 Å². The molecule has 0 atom stereocenters. The Morgan fingerprint density at radius 2 is 1.05 bits per heavy atom. The maximum Gasteiger partial charge on any atom is 0.0568 e. The second-order valence-electron chi connectivity index (χ2n) is 6.25. The monoisotopic (exact) mass is 288 g/mol. The molecule has 2 aliphatic rings. The van der Waals surface area contributed by atoms with E-state index in [1.165, 1.54) is 60.8 Å². The van der Waals surface area contributed by atoms with Crippen LogP contribution in [0.25, 0.3) is 0 Å². The van der Waals surface area contributed by atoms with Crippen molar-refractivity contribution >= 4 is 12.4 Å². The van der Waals surface area contributed by atoms with Crippen molar-refractivity contribution in [2.75, 3.05) is 0 Å². The molecule has 0 fully saturated rings. The topological polar surface area (TPSA) is 24.7 Å². The van der Waals surface area contributed by atoms with Crippen molar-refractivity contribution < 1.29 is 0 Å². The Kier molecular flexibility index (Phi) is 3.59. The Bertz CT molecular complexity index is 691. The molecule has 2 aromatic rings. The number of rotatable bonds is 3. The lowest BCUT2D eigenvalue weighted by Gasteiger charge is -2.00. The van der Waals surface area contributed by atoms with Gasteiger partial charge in [-0.25, -0.2) is 0 Å². The molecule has 0 heterocycles. The molecule has 0 aromatic heterocycles. The van der Waals surface area contributed by atoms with Gasteiger partial charge in [0.15, 0.2) is 0 Å². The van der Waals surface area contributed by atoms with Gasteiger partial charge in [-0.3, -0.25) is 0 Å². The van der Waals surface area contributed by atoms with Gasteiger partial charge in [-0.05, 0) is 84.0 Å². The fourth-order valence-electron chi connectivity index (χ4n) is 3.54. The Morgan fingerprint density at radius 3 is 1.55 bits per heavy atom. The molecule has 0 radical (unpaired) electrons. The summed E-state index contributed by atoms with van der Waals surface area (Å²) in [6, 6.07) is 13.2. The zero-order chi connectivity index (χ0) is 14.8. The second kappa shape index (κ2) is 5.88. The first-order valence-corrected chi connectivity index (χ1v) is 8.18. The third-order valence-corrected chi connectivity index (χ3v) is 4.73. The summed E-state index contributed by atoms with van der Waals surface area (Å²) in [4.78, 5) is 0. The summed E-state index contributed by atoms with van der Waals surface area (Å²) in [5, 5.41) is 8.40. The quantitative estimate of drug-likeness (QED) is 0.599. The van der Waals surface area contributed by atoms with Crippen molar-refractivity contribution in [3.63, 3.8) is 0 Å². The molecule has 4 rings (SSSR count). The summed E-state index contributed by atoms with van der Waals surface area (Å²) in [6.07, 6.45) is 11.1. The van der Waals surface area contributed by atoms with Gasteiger partial charge < -0.3 is 0 Å². The van der Waals surface area contributed by atoms with Gasteiger partial charge in [0, 0.05) is 0 Å². The molecule has 0 saturated heterocycles. The molecule has 2 aromatic carbocycles. The number of hydrogen-bond acceptors (Lipinski definition) is 2. The van der Waals surface area contributed by atoms with Crippen LogP contribution in [0.1, 0.15) is 46.2 Å². The lowest BCUT2D eigenvalue weighted by Crippen LogP contribution is -1.88. The van der Waals surface area contributed by atoms with Crippen LogP contribution in [0.15, 0.2) is 46.6 Å². The van der Waals surface area contributed by atoms with Crippen molar-refractivity contribution in [2.24, 2.45) is 10.2 Å². The minimum Gasteiger partial charge on any atom is -0.159 e. The summed E-state index contributed by atoms with van der Waals surface area (Å²) in [6.45, 7) is 0. The van der Waals surface area contributed by atoms with E-state index < -0.39 is 0 Å². The van der Waals surface area contributed by atoms with Gasteiger partial charge in [0.25, 0.3) is 0 Å². The zero-order valence-corrected chi connectivity index (χ0v) is 12.8. The number of benzene rings is 2. The Labute approximate surface area is 131 Å². The molecule has 0 aliphatic heterocycles. The standard InChI is InChI=1S/C20H20N2/c1-3-17-9-7-15(11-19(17)5-1)13-21-22-14-16-8-10-18-4-2-6-20(18)12-16/h7-14H,1-6H2/b21-13-,22-14-. The minimum atomic E-state index is 1.15. The highest BCUT2D eigenvalue weighted by atomic mass is 15.2. The van der Waals surface area contributed by atoms with Crippen LogP contribution in [0.3, 0.4) is 0 Å². The van der Waals surface area contributed by atoms with Gasteiger partial charge in [-0.2, -0.15) is 10.2 Å². The third kappa shape index (κ3) is 2.74. The predicted octanol–water partition coefficient (Wildman–Crippen LogP) is 4.12. The smallest absolute Gasteiger partial charge is 0.0568 e. The number of fused-ring (bicyclic) bond motifs is 2. The van der Waals surface area contributed by atoms with Crippen LogP contribution in [0, 0.1) is 0 Å². The number of hydrogen-bond donors (Lipinski definition) is 0. The summed E-state index contributed by atoms with van der Waals surface area (Å²) < 4.78 is 0. The maximum atomic E-state index is 4.20. The maximum absolute atomic E-state index is 4.20. The highest BCUT2D eigenvalue weighted by Crippen LogP contribution is 2.23. The summed E-state index contributed by atoms with van der Waals surface area (Å²) >= 11 is 0. The van der Waals surface area contributed by atoms with Crippen molar-refractivity contribution in [1.82, 2.24) is 0 Å². The molecule has 2 heteroatoms. The van der Waals surface area contributed by atoms with E-state index in [1.807, 2.05) is 12.4 Å². The van der Waals surface area contributed by atoms with E-state index in [9.17, 15) is 0 Å². The van der Waals surface area contributed by atoms with Gasteiger partial charge in [0.2, 0.25) is 0 Å². The Hall–Kier alpha value is -2.22. The normalized spacial score (nSPS) is 16.5. The second-order valence-corrected chi connectivity index (χ2v) is 6.25. The van der Waals surface area contributed by atoms with E-state index in [-0.39, 0.29) is 0 Å². The lowest BCUT2D eigenvalue weighted by atomic mass is 10.1. The largest absolute Gasteiger partial charge is 0.159 e. The van der Waals surface area contributed by atoms with Crippen molar-refractivity contribution in [2.45, 2.75) is 38.5 Å². The van der Waals surface area contributed by atoms with Gasteiger partial charge in [0.1, 0.15) is 0 Å². The molecular formula is C20H20N2. The molecule has 110 valence electrons. The molecule has 22 heavy (non-hydrogen) atoms. The molecule has 0 bridgehead atoms. The van der Waals surface area contributed by atoms with Gasteiger partial charge in [-0.1, -0.05) is 24.3 Å². The first kappa shape index (κ1) is 13.4. The average molecular weight is 288 g/mol. The van der Waals surface area contributed by atoms with Crippen LogP contribution >= 0.6 is 0 Å². The summed E-state index contributed by atoms with van der Waals surface area (Å²) in [5.41, 5.74) is 8.24. The Balaban J connectivity index is 1.45. The number of aryl methyl sites for hydroxylation is 4. The van der Waals surface area contributed by atoms with E-state index in [0.29, 0.717) is 0 Å². The van der Waals surface area contributed by atoms with E-state index in [2.05, 4.69) is 46.6 Å². The van der Waals surface area contributed by atoms with Crippen LogP contribution < -0.4 is 0 Å². The third-order valence-electron chi connectivity index (χ3n) is 4.73. The molecule has 0 amide bonds. The van der Waals surface area contributed by atoms with E-state index in [4.69, 9.17) is 0 Å². The number of nitrogens with zero attached hydrogens (tertiary/aromatic N) is 2. The minimum absolute atomic E-state index is 1.15. The van der Waals surface area contributed by atoms with E-state index >= 15 is 0 Å². The SMILES string of the molecule is C(=N/N=C\c1ccc2c(c1)CCC2)/c1ccc2c(c1)CCC2. The van der Waals surface area contributed by atoms with Crippen LogP contribution in [-0.2, 0) is 25.7 Å². The van der Waals surface area contributed by atoms with E-state index in [0.717, 1.165) is 11.1 Å². The highest BCUT2D eigenvalue weighted by Gasteiger charge is 2.10. The van der Waals surface area contributed by atoms with Gasteiger partial charge in [0.05, 0.1) is 12.4 Å². The first-order chi connectivity index (χ1) is 10.9. The highest BCUT2D eigenvalue weighted by molar-refractivity contribution is 5.83. The fourth-order valence-corrected chi connectivity index (χ4v) is 3.54.